The van der Waals surface area contributed by atoms with Gasteiger partial charge in [-0.05, 0) is 46.1 Å². The number of rotatable bonds is 3. The molecular formula is C17H26N2O3. The van der Waals surface area contributed by atoms with Crippen LogP contribution in [-0.2, 0) is 4.79 Å². The molecule has 1 aromatic rings. The van der Waals surface area contributed by atoms with Gasteiger partial charge in [-0.3, -0.25) is 9.59 Å². The van der Waals surface area contributed by atoms with Crippen molar-refractivity contribution in [1.82, 2.24) is 9.47 Å². The maximum Gasteiger partial charge on any atom is 0.306 e. The number of carbonyl (C=O) groups excluding carboxylic acids is 1. The highest BCUT2D eigenvalue weighted by Gasteiger charge is 2.34. The second-order valence-corrected chi connectivity index (χ2v) is 6.71. The van der Waals surface area contributed by atoms with E-state index in [9.17, 15) is 14.7 Å². The number of hydrogen-bond acceptors (Lipinski definition) is 2. The van der Waals surface area contributed by atoms with Gasteiger partial charge in [-0.25, -0.2) is 0 Å². The van der Waals surface area contributed by atoms with E-state index in [0.717, 1.165) is 17.0 Å². The van der Waals surface area contributed by atoms with E-state index in [-0.39, 0.29) is 17.7 Å². The quantitative estimate of drug-likeness (QED) is 0.934. The van der Waals surface area contributed by atoms with Crippen LogP contribution in [0.25, 0.3) is 0 Å². The molecule has 1 amide bonds. The van der Waals surface area contributed by atoms with Crippen molar-refractivity contribution in [2.75, 3.05) is 13.1 Å². The van der Waals surface area contributed by atoms with E-state index in [2.05, 4.69) is 18.4 Å². The Labute approximate surface area is 131 Å². The molecule has 1 N–H and O–H groups in total. The molecule has 0 aliphatic carbocycles. The molecular weight excluding hydrogens is 280 g/mol. The average Bonchev–Trinajstić information content (AvgIpc) is 2.72. The van der Waals surface area contributed by atoms with Crippen molar-refractivity contribution in [3.63, 3.8) is 0 Å². The van der Waals surface area contributed by atoms with E-state index in [0.29, 0.717) is 25.6 Å². The molecule has 0 saturated carbocycles. The Bertz CT molecular complexity index is 589. The summed E-state index contributed by atoms with van der Waals surface area (Å²) in [5.41, 5.74) is 2.82. The molecule has 5 heteroatoms. The van der Waals surface area contributed by atoms with E-state index in [4.69, 9.17) is 0 Å². The molecule has 0 radical (unpaired) electrons. The highest BCUT2D eigenvalue weighted by molar-refractivity contribution is 5.96. The maximum atomic E-state index is 12.8. The Morgan fingerprint density at radius 2 is 1.95 bits per heavy atom. The SMILES string of the molecule is Cc1cc(C(=O)N2CCC(C(=O)O)C(C)C2)c(C)n1C(C)C. The summed E-state index contributed by atoms with van der Waals surface area (Å²) >= 11 is 0. The van der Waals surface area contributed by atoms with Gasteiger partial charge in [0.1, 0.15) is 0 Å². The van der Waals surface area contributed by atoms with Crippen LogP contribution in [0, 0.1) is 25.7 Å². The van der Waals surface area contributed by atoms with Crippen molar-refractivity contribution in [3.8, 4) is 0 Å². The van der Waals surface area contributed by atoms with E-state index >= 15 is 0 Å². The number of hydrogen-bond donors (Lipinski definition) is 1. The Hall–Kier alpha value is -1.78. The largest absolute Gasteiger partial charge is 0.481 e. The summed E-state index contributed by atoms with van der Waals surface area (Å²) in [6.45, 7) is 11.2. The van der Waals surface area contributed by atoms with Crippen molar-refractivity contribution >= 4 is 11.9 Å². The molecule has 5 nitrogen and oxygen atoms in total. The first-order chi connectivity index (χ1) is 10.2. The number of aryl methyl sites for hydroxylation is 1. The molecule has 22 heavy (non-hydrogen) atoms. The second-order valence-electron chi connectivity index (χ2n) is 6.71. The van der Waals surface area contributed by atoms with E-state index in [1.165, 1.54) is 0 Å². The van der Waals surface area contributed by atoms with Gasteiger partial charge in [0.25, 0.3) is 5.91 Å². The predicted molar refractivity (Wildman–Crippen MR) is 85.1 cm³/mol. The van der Waals surface area contributed by atoms with Crippen LogP contribution in [0.3, 0.4) is 0 Å². The minimum atomic E-state index is -0.752. The Morgan fingerprint density at radius 3 is 2.41 bits per heavy atom. The molecule has 0 bridgehead atoms. The molecule has 1 saturated heterocycles. The lowest BCUT2D eigenvalue weighted by Gasteiger charge is -2.35. The molecule has 2 atom stereocenters. The van der Waals surface area contributed by atoms with Crippen molar-refractivity contribution in [2.24, 2.45) is 11.8 Å². The number of piperidine rings is 1. The summed E-state index contributed by atoms with van der Waals surface area (Å²) in [6.07, 6.45) is 0.533. The first-order valence-corrected chi connectivity index (χ1v) is 7.94. The van der Waals surface area contributed by atoms with Crippen LogP contribution in [0.15, 0.2) is 6.07 Å². The number of aliphatic carboxylic acids is 1. The number of nitrogens with zero attached hydrogens (tertiary/aromatic N) is 2. The molecule has 1 fully saturated rings. The number of carbonyl (C=O) groups is 2. The summed E-state index contributed by atoms with van der Waals surface area (Å²) in [5, 5.41) is 9.19. The monoisotopic (exact) mass is 306 g/mol. The fraction of sp³-hybridized carbons (Fsp3) is 0.647. The molecule has 0 aromatic carbocycles. The van der Waals surface area contributed by atoms with Gasteiger partial charge in [0.15, 0.2) is 0 Å². The van der Waals surface area contributed by atoms with Crippen molar-refractivity contribution in [1.29, 1.82) is 0 Å². The van der Waals surface area contributed by atoms with Crippen LogP contribution in [0.1, 0.15) is 55.0 Å². The van der Waals surface area contributed by atoms with Crippen LogP contribution in [0.2, 0.25) is 0 Å². The fourth-order valence-electron chi connectivity index (χ4n) is 3.66. The predicted octanol–water partition coefficient (Wildman–Crippen LogP) is 2.87. The number of amides is 1. The minimum Gasteiger partial charge on any atom is -0.481 e. The minimum absolute atomic E-state index is 0.0104. The highest BCUT2D eigenvalue weighted by atomic mass is 16.4. The lowest BCUT2D eigenvalue weighted by Crippen LogP contribution is -2.45. The van der Waals surface area contributed by atoms with E-state index in [1.54, 1.807) is 4.90 Å². The zero-order chi connectivity index (χ0) is 16.6. The zero-order valence-electron chi connectivity index (χ0n) is 14.1. The number of likely N-dealkylation sites (tertiary alicyclic amines) is 1. The lowest BCUT2D eigenvalue weighted by atomic mass is 9.87. The lowest BCUT2D eigenvalue weighted by molar-refractivity contribution is -0.145. The topological polar surface area (TPSA) is 62.5 Å². The molecule has 1 aliphatic heterocycles. The molecule has 2 heterocycles. The van der Waals surface area contributed by atoms with Crippen LogP contribution in [0.4, 0.5) is 0 Å². The van der Waals surface area contributed by atoms with E-state index < -0.39 is 5.97 Å². The first kappa shape index (κ1) is 16.6. The van der Waals surface area contributed by atoms with Gasteiger partial charge >= 0.3 is 5.97 Å². The van der Waals surface area contributed by atoms with Gasteiger partial charge in [-0.2, -0.15) is 0 Å². The Kier molecular flexibility index (Phi) is 4.63. The second kappa shape index (κ2) is 6.15. The standard InChI is InChI=1S/C17H26N2O3/c1-10(2)19-12(4)8-15(13(19)5)16(20)18-7-6-14(17(21)22)11(3)9-18/h8,10-11,14H,6-7,9H2,1-5H3,(H,21,22). The number of carboxylic acids is 1. The number of aromatic nitrogens is 1. The number of carboxylic acid groups (broad SMARTS) is 1. The van der Waals surface area contributed by atoms with Crippen molar-refractivity contribution in [3.05, 3.63) is 23.0 Å². The summed E-state index contributed by atoms with van der Waals surface area (Å²) in [6, 6.07) is 2.27. The van der Waals surface area contributed by atoms with Gasteiger partial charge in [0.05, 0.1) is 11.5 Å². The molecule has 0 spiro atoms. The van der Waals surface area contributed by atoms with Crippen molar-refractivity contribution < 1.29 is 14.7 Å². The average molecular weight is 306 g/mol. The third-order valence-electron chi connectivity index (χ3n) is 4.74. The van der Waals surface area contributed by atoms with Crippen LogP contribution in [0.5, 0.6) is 0 Å². The molecule has 2 rings (SSSR count). The van der Waals surface area contributed by atoms with Crippen LogP contribution in [-0.4, -0.2) is 39.5 Å². The highest BCUT2D eigenvalue weighted by Crippen LogP contribution is 2.27. The molecule has 122 valence electrons. The normalized spacial score (nSPS) is 22.2. The van der Waals surface area contributed by atoms with Crippen molar-refractivity contribution in [2.45, 2.75) is 47.1 Å². The Balaban J connectivity index is 2.20. The first-order valence-electron chi connectivity index (χ1n) is 7.94. The van der Waals surface area contributed by atoms with Crippen LogP contribution < -0.4 is 0 Å². The third kappa shape index (κ3) is 2.89. The van der Waals surface area contributed by atoms with Gasteiger partial charge in [-0.15, -0.1) is 0 Å². The molecule has 2 unspecified atom stereocenters. The summed E-state index contributed by atoms with van der Waals surface area (Å²) < 4.78 is 2.17. The maximum absolute atomic E-state index is 12.8. The molecule has 1 aromatic heterocycles. The van der Waals surface area contributed by atoms with Gasteiger partial charge < -0.3 is 14.6 Å². The zero-order valence-corrected chi connectivity index (χ0v) is 14.1. The summed E-state index contributed by atoms with van der Waals surface area (Å²) in [5.74, 6) is -1.08. The molecule has 1 aliphatic rings. The van der Waals surface area contributed by atoms with E-state index in [1.807, 2.05) is 26.8 Å². The fourth-order valence-corrected chi connectivity index (χ4v) is 3.66. The summed E-state index contributed by atoms with van der Waals surface area (Å²) in [7, 11) is 0. The third-order valence-corrected chi connectivity index (χ3v) is 4.74. The Morgan fingerprint density at radius 1 is 1.32 bits per heavy atom. The van der Waals surface area contributed by atoms with Gasteiger partial charge in [-0.1, -0.05) is 6.92 Å². The smallest absolute Gasteiger partial charge is 0.306 e. The summed E-state index contributed by atoms with van der Waals surface area (Å²) in [4.78, 5) is 25.8. The van der Waals surface area contributed by atoms with Crippen LogP contribution >= 0.6 is 0 Å². The van der Waals surface area contributed by atoms with Gasteiger partial charge in [0, 0.05) is 30.5 Å². The van der Waals surface area contributed by atoms with Gasteiger partial charge in [0.2, 0.25) is 0 Å².